The van der Waals surface area contributed by atoms with Crippen LogP contribution in [0.5, 0.6) is 0 Å². The lowest BCUT2D eigenvalue weighted by Gasteiger charge is -2.39. The fourth-order valence-corrected chi connectivity index (χ4v) is 4.07. The van der Waals surface area contributed by atoms with E-state index in [4.69, 9.17) is 4.74 Å². The van der Waals surface area contributed by atoms with E-state index in [1.165, 1.54) is 7.11 Å². The molecule has 3 heterocycles. The zero-order valence-electron chi connectivity index (χ0n) is 14.0. The molecule has 1 atom stereocenters. The summed E-state index contributed by atoms with van der Waals surface area (Å²) >= 11 is 1.63. The number of anilines is 1. The largest absolute Gasteiger partial charge is 0.375 e. The number of ether oxygens (including phenoxy) is 1. The van der Waals surface area contributed by atoms with E-state index < -0.39 is 0 Å². The number of rotatable bonds is 4. The molecule has 132 valence electrons. The van der Waals surface area contributed by atoms with Gasteiger partial charge in [0.2, 0.25) is 11.8 Å². The number of carbonyl (C=O) groups is 2. The van der Waals surface area contributed by atoms with Crippen molar-refractivity contribution in [3.8, 4) is 0 Å². The first-order valence-electron chi connectivity index (χ1n) is 8.39. The second-order valence-corrected chi connectivity index (χ2v) is 7.11. The number of methoxy groups -OCH3 is 1. The van der Waals surface area contributed by atoms with Crippen molar-refractivity contribution in [3.63, 3.8) is 0 Å². The van der Waals surface area contributed by atoms with Gasteiger partial charge in [0.25, 0.3) is 0 Å². The number of piperazine rings is 1. The zero-order chi connectivity index (χ0) is 16.9. The van der Waals surface area contributed by atoms with Gasteiger partial charge < -0.3 is 19.4 Å². The zero-order valence-corrected chi connectivity index (χ0v) is 14.8. The molecular formula is C16H24N4O3S. The molecule has 0 bridgehead atoms. The Morgan fingerprint density at radius 2 is 2.04 bits per heavy atom. The van der Waals surface area contributed by atoms with E-state index >= 15 is 0 Å². The third-order valence-corrected chi connectivity index (χ3v) is 5.50. The summed E-state index contributed by atoms with van der Waals surface area (Å²) in [5, 5.41) is 3.00. The minimum Gasteiger partial charge on any atom is -0.375 e. The first-order valence-corrected chi connectivity index (χ1v) is 9.27. The third-order valence-electron chi connectivity index (χ3n) is 4.67. The lowest BCUT2D eigenvalue weighted by atomic mass is 9.96. The van der Waals surface area contributed by atoms with Gasteiger partial charge in [-0.1, -0.05) is 0 Å². The van der Waals surface area contributed by atoms with Gasteiger partial charge in [-0.05, 0) is 12.8 Å². The fraction of sp³-hybridized carbons (Fsp3) is 0.688. The van der Waals surface area contributed by atoms with Gasteiger partial charge in [0.15, 0.2) is 5.13 Å². The highest BCUT2D eigenvalue weighted by Gasteiger charge is 2.32. The molecule has 1 aromatic rings. The number of carbonyl (C=O) groups excluding carboxylic acids is 2. The molecule has 0 saturated carbocycles. The van der Waals surface area contributed by atoms with Crippen LogP contribution in [0.4, 0.5) is 5.13 Å². The van der Waals surface area contributed by atoms with Crippen molar-refractivity contribution in [2.45, 2.75) is 12.8 Å². The van der Waals surface area contributed by atoms with Crippen molar-refractivity contribution >= 4 is 28.3 Å². The smallest absolute Gasteiger partial charge is 0.248 e. The molecule has 24 heavy (non-hydrogen) atoms. The Kier molecular flexibility index (Phi) is 5.68. The van der Waals surface area contributed by atoms with Crippen molar-refractivity contribution in [2.75, 3.05) is 57.9 Å². The summed E-state index contributed by atoms with van der Waals surface area (Å²) in [6.45, 7) is 4.42. The van der Waals surface area contributed by atoms with Gasteiger partial charge in [0.05, 0.1) is 5.92 Å². The van der Waals surface area contributed by atoms with Crippen molar-refractivity contribution in [1.82, 2.24) is 14.8 Å². The maximum atomic E-state index is 12.8. The van der Waals surface area contributed by atoms with Gasteiger partial charge in [0, 0.05) is 58.0 Å². The molecule has 0 spiro atoms. The Hall–Kier alpha value is -1.67. The first-order chi connectivity index (χ1) is 11.7. The molecule has 2 saturated heterocycles. The number of likely N-dealkylation sites (tertiary alicyclic amines) is 1. The van der Waals surface area contributed by atoms with E-state index in [-0.39, 0.29) is 24.3 Å². The molecule has 0 aliphatic carbocycles. The van der Waals surface area contributed by atoms with Crippen molar-refractivity contribution in [1.29, 1.82) is 0 Å². The first kappa shape index (κ1) is 17.2. The van der Waals surface area contributed by atoms with Crippen molar-refractivity contribution in [2.24, 2.45) is 5.92 Å². The number of piperidine rings is 1. The monoisotopic (exact) mass is 352 g/mol. The van der Waals surface area contributed by atoms with Crippen LogP contribution in [0.1, 0.15) is 12.8 Å². The molecule has 8 heteroatoms. The van der Waals surface area contributed by atoms with E-state index in [1.807, 2.05) is 16.5 Å². The van der Waals surface area contributed by atoms with Crippen molar-refractivity contribution < 1.29 is 14.3 Å². The van der Waals surface area contributed by atoms with Gasteiger partial charge in [-0.25, -0.2) is 4.98 Å². The van der Waals surface area contributed by atoms with Gasteiger partial charge in [-0.15, -0.1) is 11.3 Å². The Labute approximate surface area is 146 Å². The summed E-state index contributed by atoms with van der Waals surface area (Å²) in [6, 6.07) is 0. The molecule has 0 N–H and O–H groups in total. The number of aromatic nitrogens is 1. The summed E-state index contributed by atoms with van der Waals surface area (Å²) in [5.41, 5.74) is 0. The number of thiazole rings is 1. The highest BCUT2D eigenvalue weighted by Crippen LogP contribution is 2.22. The lowest BCUT2D eigenvalue weighted by Crippen LogP contribution is -2.53. The average Bonchev–Trinajstić information content (AvgIpc) is 3.16. The molecule has 0 unspecified atom stereocenters. The summed E-state index contributed by atoms with van der Waals surface area (Å²) in [6.07, 6.45) is 3.55. The van der Waals surface area contributed by atoms with E-state index in [9.17, 15) is 9.59 Å². The number of hydrogen-bond donors (Lipinski definition) is 0. The average molecular weight is 352 g/mol. The standard InChI is InChI=1S/C16H24N4O3S/c1-23-12-14(21)20-5-2-3-13(11-20)15(22)18-6-8-19(9-7-18)16-17-4-10-24-16/h4,10,13H,2-3,5-9,11-12H2,1H3/t13-/m1/s1. The molecule has 7 nitrogen and oxygen atoms in total. The predicted octanol–water partition coefficient (Wildman–Crippen LogP) is 0.677. The molecular weight excluding hydrogens is 328 g/mol. The molecule has 2 aliphatic heterocycles. The predicted molar refractivity (Wildman–Crippen MR) is 92.1 cm³/mol. The van der Waals surface area contributed by atoms with Gasteiger partial charge in [0.1, 0.15) is 6.61 Å². The van der Waals surface area contributed by atoms with Gasteiger partial charge >= 0.3 is 0 Å². The van der Waals surface area contributed by atoms with Crippen LogP contribution in [0, 0.1) is 5.92 Å². The second-order valence-electron chi connectivity index (χ2n) is 6.24. The molecule has 2 fully saturated rings. The SMILES string of the molecule is COCC(=O)N1CCC[C@@H](C(=O)N2CCN(c3nccs3)CC2)C1. The van der Waals surface area contributed by atoms with Crippen LogP contribution >= 0.6 is 11.3 Å². The van der Waals surface area contributed by atoms with E-state index in [1.54, 1.807) is 16.2 Å². The Morgan fingerprint density at radius 1 is 1.25 bits per heavy atom. The highest BCUT2D eigenvalue weighted by atomic mass is 32.1. The Bertz CT molecular complexity index is 558. The van der Waals surface area contributed by atoms with E-state index in [0.717, 1.165) is 50.7 Å². The minimum absolute atomic E-state index is 0.0245. The van der Waals surface area contributed by atoms with Crippen LogP contribution in [-0.4, -0.2) is 79.6 Å². The molecule has 0 aromatic carbocycles. The van der Waals surface area contributed by atoms with Gasteiger partial charge in [-0.3, -0.25) is 9.59 Å². The van der Waals surface area contributed by atoms with E-state index in [2.05, 4.69) is 9.88 Å². The number of amides is 2. The number of nitrogens with zero attached hydrogens (tertiary/aromatic N) is 4. The molecule has 2 amide bonds. The minimum atomic E-state index is -0.0778. The van der Waals surface area contributed by atoms with E-state index in [0.29, 0.717) is 6.54 Å². The highest BCUT2D eigenvalue weighted by molar-refractivity contribution is 7.13. The van der Waals surface area contributed by atoms with Crippen LogP contribution in [-0.2, 0) is 14.3 Å². The molecule has 1 aromatic heterocycles. The fourth-order valence-electron chi connectivity index (χ4n) is 3.37. The van der Waals surface area contributed by atoms with Gasteiger partial charge in [-0.2, -0.15) is 0 Å². The van der Waals surface area contributed by atoms with Crippen LogP contribution in [0.2, 0.25) is 0 Å². The summed E-state index contributed by atoms with van der Waals surface area (Å²) in [5.74, 6) is 0.0817. The van der Waals surface area contributed by atoms with Crippen LogP contribution in [0.3, 0.4) is 0 Å². The second kappa shape index (κ2) is 7.94. The van der Waals surface area contributed by atoms with Crippen LogP contribution < -0.4 is 4.90 Å². The lowest BCUT2D eigenvalue weighted by molar-refractivity contribution is -0.142. The third kappa shape index (κ3) is 3.87. The van der Waals surface area contributed by atoms with Crippen molar-refractivity contribution in [3.05, 3.63) is 11.6 Å². The maximum Gasteiger partial charge on any atom is 0.248 e. The number of hydrogen-bond acceptors (Lipinski definition) is 6. The summed E-state index contributed by atoms with van der Waals surface area (Å²) in [4.78, 5) is 35.0. The van der Waals surface area contributed by atoms with Crippen LogP contribution in [0.15, 0.2) is 11.6 Å². The molecule has 2 aliphatic rings. The molecule has 0 radical (unpaired) electrons. The summed E-state index contributed by atoms with van der Waals surface area (Å²) in [7, 11) is 1.52. The Morgan fingerprint density at radius 3 is 2.71 bits per heavy atom. The Balaban J connectivity index is 1.52. The quantitative estimate of drug-likeness (QED) is 0.797. The maximum absolute atomic E-state index is 12.8. The normalized spacial score (nSPS) is 21.9. The molecule has 3 rings (SSSR count). The summed E-state index contributed by atoms with van der Waals surface area (Å²) < 4.78 is 4.92. The van der Waals surface area contributed by atoms with Crippen LogP contribution in [0.25, 0.3) is 0 Å². The topological polar surface area (TPSA) is 66.0 Å².